The zero-order chi connectivity index (χ0) is 20.4. The first-order valence-corrected chi connectivity index (χ1v) is 9.81. The maximum atomic E-state index is 12.9. The highest BCUT2D eigenvalue weighted by Gasteiger charge is 2.41. The number of nitrogens with zero attached hydrogens (tertiary/aromatic N) is 3. The van der Waals surface area contributed by atoms with Gasteiger partial charge in [0.2, 0.25) is 0 Å². The molecule has 2 aromatic carbocycles. The maximum Gasteiger partial charge on any atom is 0.277 e. The Labute approximate surface area is 171 Å². The summed E-state index contributed by atoms with van der Waals surface area (Å²) in [6, 6.07) is 17.7. The van der Waals surface area contributed by atoms with E-state index in [4.69, 9.17) is 4.74 Å². The van der Waals surface area contributed by atoms with E-state index in [1.807, 2.05) is 35.2 Å². The number of para-hydroxylation sites is 1. The van der Waals surface area contributed by atoms with E-state index >= 15 is 0 Å². The molecule has 6 nitrogen and oxygen atoms in total. The van der Waals surface area contributed by atoms with Crippen molar-refractivity contribution in [2.75, 3.05) is 40.3 Å². The van der Waals surface area contributed by atoms with E-state index in [9.17, 15) is 9.59 Å². The predicted molar refractivity (Wildman–Crippen MR) is 111 cm³/mol. The van der Waals surface area contributed by atoms with Crippen LogP contribution >= 0.6 is 0 Å². The molecule has 0 aromatic heterocycles. The number of amides is 2. The van der Waals surface area contributed by atoms with Gasteiger partial charge in [-0.3, -0.25) is 19.4 Å². The van der Waals surface area contributed by atoms with Gasteiger partial charge in [0, 0.05) is 45.3 Å². The summed E-state index contributed by atoms with van der Waals surface area (Å²) in [5.74, 6) is 0.0767. The lowest BCUT2D eigenvalue weighted by Gasteiger charge is -2.36. The van der Waals surface area contributed by atoms with Gasteiger partial charge in [-0.05, 0) is 11.6 Å². The molecule has 2 aliphatic heterocycles. The third kappa shape index (κ3) is 3.63. The Morgan fingerprint density at radius 3 is 2.21 bits per heavy atom. The standard InChI is InChI=1S/C23H25N3O3/c1-24-22(27)20(18-10-6-7-11-19(18)29-2)21(23(24)28)26-14-12-25(13-15-26)16-17-8-4-3-5-9-17/h3-11H,12-16H2,1-2H3. The molecule has 0 unspecified atom stereocenters. The summed E-state index contributed by atoms with van der Waals surface area (Å²) in [5, 5.41) is 0. The molecular formula is C23H25N3O3. The van der Waals surface area contributed by atoms with Crippen molar-refractivity contribution in [2.45, 2.75) is 6.54 Å². The molecule has 29 heavy (non-hydrogen) atoms. The molecule has 0 bridgehead atoms. The highest BCUT2D eigenvalue weighted by molar-refractivity contribution is 6.35. The summed E-state index contributed by atoms with van der Waals surface area (Å²) in [5.41, 5.74) is 2.87. The number of likely N-dealkylation sites (N-methyl/N-ethyl adjacent to an activating group) is 1. The van der Waals surface area contributed by atoms with Crippen LogP contribution in [0.4, 0.5) is 0 Å². The fourth-order valence-corrected chi connectivity index (χ4v) is 3.99. The molecule has 0 N–H and O–H groups in total. The van der Waals surface area contributed by atoms with Gasteiger partial charge in [0.1, 0.15) is 11.4 Å². The van der Waals surface area contributed by atoms with Gasteiger partial charge >= 0.3 is 0 Å². The van der Waals surface area contributed by atoms with E-state index in [-0.39, 0.29) is 11.8 Å². The molecule has 150 valence electrons. The highest BCUT2D eigenvalue weighted by atomic mass is 16.5. The first-order valence-electron chi connectivity index (χ1n) is 9.81. The Balaban J connectivity index is 1.59. The van der Waals surface area contributed by atoms with E-state index in [1.54, 1.807) is 14.2 Å². The van der Waals surface area contributed by atoms with Gasteiger partial charge in [-0.1, -0.05) is 48.5 Å². The van der Waals surface area contributed by atoms with Crippen molar-refractivity contribution in [3.05, 3.63) is 71.4 Å². The highest BCUT2D eigenvalue weighted by Crippen LogP contribution is 2.35. The van der Waals surface area contributed by atoms with Crippen LogP contribution in [-0.4, -0.2) is 66.9 Å². The van der Waals surface area contributed by atoms with Crippen LogP contribution in [0.2, 0.25) is 0 Å². The third-order valence-electron chi connectivity index (χ3n) is 5.58. The van der Waals surface area contributed by atoms with Crippen molar-refractivity contribution in [2.24, 2.45) is 0 Å². The summed E-state index contributed by atoms with van der Waals surface area (Å²) in [7, 11) is 3.12. The minimum atomic E-state index is -0.277. The van der Waals surface area contributed by atoms with Crippen LogP contribution in [0, 0.1) is 0 Å². The summed E-state index contributed by atoms with van der Waals surface area (Å²) >= 11 is 0. The van der Waals surface area contributed by atoms with Gasteiger partial charge in [0.15, 0.2) is 0 Å². The normalized spacial score (nSPS) is 18.0. The molecule has 4 rings (SSSR count). The van der Waals surface area contributed by atoms with Crippen LogP contribution in [-0.2, 0) is 16.1 Å². The average Bonchev–Trinajstić information content (AvgIpc) is 2.99. The van der Waals surface area contributed by atoms with Crippen molar-refractivity contribution >= 4 is 17.4 Å². The molecule has 2 heterocycles. The minimum absolute atomic E-state index is 0.243. The number of benzene rings is 2. The predicted octanol–water partition coefficient (Wildman–Crippen LogP) is 2.22. The Hall–Kier alpha value is -3.12. The molecule has 2 aliphatic rings. The average molecular weight is 391 g/mol. The number of piperazine rings is 1. The van der Waals surface area contributed by atoms with Gasteiger partial charge < -0.3 is 9.64 Å². The van der Waals surface area contributed by atoms with Crippen molar-refractivity contribution in [1.29, 1.82) is 0 Å². The minimum Gasteiger partial charge on any atom is -0.496 e. The summed E-state index contributed by atoms with van der Waals surface area (Å²) in [6.07, 6.45) is 0. The van der Waals surface area contributed by atoms with Crippen LogP contribution in [0.15, 0.2) is 60.3 Å². The molecule has 1 saturated heterocycles. The second kappa shape index (κ2) is 8.09. The molecule has 0 aliphatic carbocycles. The smallest absolute Gasteiger partial charge is 0.277 e. The summed E-state index contributed by atoms with van der Waals surface area (Å²) < 4.78 is 5.45. The van der Waals surface area contributed by atoms with Crippen molar-refractivity contribution in [1.82, 2.24) is 14.7 Å². The van der Waals surface area contributed by atoms with Gasteiger partial charge in [-0.25, -0.2) is 0 Å². The summed E-state index contributed by atoms with van der Waals surface area (Å²) in [6.45, 7) is 3.97. The lowest BCUT2D eigenvalue weighted by atomic mass is 10.0. The quantitative estimate of drug-likeness (QED) is 0.732. The van der Waals surface area contributed by atoms with Gasteiger partial charge in [-0.2, -0.15) is 0 Å². The fraction of sp³-hybridized carbons (Fsp3) is 0.304. The lowest BCUT2D eigenvalue weighted by Crippen LogP contribution is -2.46. The van der Waals surface area contributed by atoms with Crippen LogP contribution in [0.1, 0.15) is 11.1 Å². The first-order chi connectivity index (χ1) is 14.1. The molecule has 6 heteroatoms. The number of carbonyl (C=O) groups excluding carboxylic acids is 2. The number of rotatable bonds is 5. The van der Waals surface area contributed by atoms with Crippen LogP contribution in [0.3, 0.4) is 0 Å². The third-order valence-corrected chi connectivity index (χ3v) is 5.58. The first kappa shape index (κ1) is 19.2. The topological polar surface area (TPSA) is 53.1 Å². The van der Waals surface area contributed by atoms with E-state index < -0.39 is 0 Å². The number of carbonyl (C=O) groups is 2. The Kier molecular flexibility index (Phi) is 5.36. The van der Waals surface area contributed by atoms with Gasteiger partial charge in [0.25, 0.3) is 11.8 Å². The van der Waals surface area contributed by atoms with Crippen LogP contribution in [0.25, 0.3) is 5.57 Å². The summed E-state index contributed by atoms with van der Waals surface area (Å²) in [4.78, 5) is 31.4. The molecule has 1 fully saturated rings. The zero-order valence-corrected chi connectivity index (χ0v) is 16.8. The number of imide groups is 1. The number of ether oxygens (including phenoxy) is 1. The second-order valence-corrected chi connectivity index (χ2v) is 7.34. The molecule has 2 amide bonds. The Morgan fingerprint density at radius 1 is 0.862 bits per heavy atom. The largest absolute Gasteiger partial charge is 0.496 e. The monoisotopic (exact) mass is 391 g/mol. The van der Waals surface area contributed by atoms with E-state index in [2.05, 4.69) is 29.2 Å². The van der Waals surface area contributed by atoms with Crippen molar-refractivity contribution < 1.29 is 14.3 Å². The molecule has 0 radical (unpaired) electrons. The molecule has 0 saturated carbocycles. The SMILES string of the molecule is COc1ccccc1C1=C(N2CCN(Cc3ccccc3)CC2)C(=O)N(C)C1=O. The van der Waals surface area contributed by atoms with Crippen molar-refractivity contribution in [3.8, 4) is 5.75 Å². The fourth-order valence-electron chi connectivity index (χ4n) is 3.99. The van der Waals surface area contributed by atoms with Crippen LogP contribution in [0.5, 0.6) is 5.75 Å². The lowest BCUT2D eigenvalue weighted by molar-refractivity contribution is -0.136. The van der Waals surface area contributed by atoms with E-state index in [1.165, 1.54) is 10.5 Å². The number of hydrogen-bond donors (Lipinski definition) is 0. The number of methoxy groups -OCH3 is 1. The molecule has 0 spiro atoms. The van der Waals surface area contributed by atoms with E-state index in [0.717, 1.165) is 19.6 Å². The number of hydrogen-bond acceptors (Lipinski definition) is 5. The van der Waals surface area contributed by atoms with E-state index in [0.29, 0.717) is 35.7 Å². The molecular weight excluding hydrogens is 366 g/mol. The maximum absolute atomic E-state index is 12.9. The van der Waals surface area contributed by atoms with Gasteiger partial charge in [0.05, 0.1) is 12.7 Å². The Bertz CT molecular complexity index is 947. The molecule has 0 atom stereocenters. The van der Waals surface area contributed by atoms with Crippen molar-refractivity contribution in [3.63, 3.8) is 0 Å². The van der Waals surface area contributed by atoms with Crippen LogP contribution < -0.4 is 4.74 Å². The second-order valence-electron chi connectivity index (χ2n) is 7.34. The molecule has 2 aromatic rings. The zero-order valence-electron chi connectivity index (χ0n) is 16.8. The Morgan fingerprint density at radius 2 is 1.52 bits per heavy atom. The van der Waals surface area contributed by atoms with Gasteiger partial charge in [-0.15, -0.1) is 0 Å².